The van der Waals surface area contributed by atoms with Crippen LogP contribution in [0, 0.1) is 0 Å². The molecular weight excluding hydrogens is 228 g/mol. The Hall–Kier alpha value is -1.71. The van der Waals surface area contributed by atoms with Crippen LogP contribution in [0.15, 0.2) is 24.3 Å². The monoisotopic (exact) mass is 250 g/mol. The smallest absolute Gasteiger partial charge is 0.223 e. The van der Waals surface area contributed by atoms with E-state index in [1.807, 2.05) is 12.1 Å². The number of hydrogen-bond acceptors (Lipinski definition) is 3. The van der Waals surface area contributed by atoms with Crippen LogP contribution < -0.4 is 15.8 Å². The zero-order valence-corrected chi connectivity index (χ0v) is 10.9. The Morgan fingerprint density at radius 2 is 2.11 bits per heavy atom. The van der Waals surface area contributed by atoms with Crippen LogP contribution in [0.3, 0.4) is 0 Å². The van der Waals surface area contributed by atoms with Gasteiger partial charge in [-0.15, -0.1) is 0 Å². The molecule has 0 aromatic heterocycles. The molecule has 0 aliphatic rings. The third-order valence-electron chi connectivity index (χ3n) is 2.61. The van der Waals surface area contributed by atoms with Crippen molar-refractivity contribution in [3.8, 4) is 5.75 Å². The predicted molar refractivity (Wildman–Crippen MR) is 73.5 cm³/mol. The van der Waals surface area contributed by atoms with Crippen molar-refractivity contribution >= 4 is 11.6 Å². The fourth-order valence-electron chi connectivity index (χ4n) is 1.56. The number of carbonyl (C=O) groups excluding carboxylic acids is 1. The maximum absolute atomic E-state index is 11.5. The van der Waals surface area contributed by atoms with Crippen LogP contribution in [0.5, 0.6) is 5.75 Å². The molecule has 0 radical (unpaired) electrons. The van der Waals surface area contributed by atoms with Gasteiger partial charge in [0.15, 0.2) is 0 Å². The largest absolute Gasteiger partial charge is 0.491 e. The van der Waals surface area contributed by atoms with Crippen molar-refractivity contribution in [2.24, 2.45) is 0 Å². The minimum Gasteiger partial charge on any atom is -0.491 e. The summed E-state index contributed by atoms with van der Waals surface area (Å²) < 4.78 is 5.45. The minimum atomic E-state index is 0.0283. The van der Waals surface area contributed by atoms with Gasteiger partial charge in [-0.1, -0.05) is 31.9 Å². The van der Waals surface area contributed by atoms with Gasteiger partial charge in [-0.25, -0.2) is 0 Å². The van der Waals surface area contributed by atoms with Gasteiger partial charge in [0.1, 0.15) is 5.75 Å². The van der Waals surface area contributed by atoms with Crippen LogP contribution in [-0.4, -0.2) is 19.1 Å². The number of rotatable bonds is 8. The maximum Gasteiger partial charge on any atom is 0.223 e. The van der Waals surface area contributed by atoms with Gasteiger partial charge >= 0.3 is 0 Å². The second kappa shape index (κ2) is 8.39. The lowest BCUT2D eigenvalue weighted by molar-refractivity contribution is -0.121. The Labute approximate surface area is 109 Å². The van der Waals surface area contributed by atoms with Gasteiger partial charge in [0.2, 0.25) is 5.91 Å². The average Bonchev–Trinajstić information content (AvgIpc) is 2.37. The lowest BCUT2D eigenvalue weighted by atomic mass is 10.2. The number of benzene rings is 1. The molecule has 18 heavy (non-hydrogen) atoms. The second-order valence-corrected chi connectivity index (χ2v) is 4.19. The molecule has 0 unspecified atom stereocenters. The van der Waals surface area contributed by atoms with E-state index >= 15 is 0 Å². The number of para-hydroxylation sites is 2. The van der Waals surface area contributed by atoms with Crippen molar-refractivity contribution in [1.29, 1.82) is 0 Å². The van der Waals surface area contributed by atoms with E-state index in [-0.39, 0.29) is 5.91 Å². The number of carbonyl (C=O) groups is 1. The molecule has 0 saturated carbocycles. The molecule has 1 rings (SSSR count). The van der Waals surface area contributed by atoms with Gasteiger partial charge in [-0.2, -0.15) is 0 Å². The predicted octanol–water partition coefficient (Wildman–Crippen LogP) is 2.34. The molecule has 1 aromatic carbocycles. The van der Waals surface area contributed by atoms with Crippen molar-refractivity contribution in [2.45, 2.75) is 32.6 Å². The Balaban J connectivity index is 2.14. The highest BCUT2D eigenvalue weighted by Crippen LogP contribution is 2.19. The van der Waals surface area contributed by atoms with Crippen LogP contribution in [0.25, 0.3) is 0 Å². The van der Waals surface area contributed by atoms with E-state index in [0.717, 1.165) is 25.8 Å². The Bertz CT molecular complexity index is 367. The fraction of sp³-hybridized carbons (Fsp3) is 0.500. The number of nitrogen functional groups attached to an aromatic ring is 1. The third-order valence-corrected chi connectivity index (χ3v) is 2.61. The molecule has 0 saturated heterocycles. The van der Waals surface area contributed by atoms with Gasteiger partial charge in [-0.3, -0.25) is 4.79 Å². The highest BCUT2D eigenvalue weighted by molar-refractivity contribution is 5.75. The summed E-state index contributed by atoms with van der Waals surface area (Å²) in [6.07, 6.45) is 3.71. The number of hydrogen-bond donors (Lipinski definition) is 2. The normalized spacial score (nSPS) is 10.1. The van der Waals surface area contributed by atoms with Crippen molar-refractivity contribution in [3.05, 3.63) is 24.3 Å². The molecule has 1 amide bonds. The molecule has 100 valence electrons. The number of nitrogens with two attached hydrogens (primary N) is 1. The van der Waals surface area contributed by atoms with Crippen LogP contribution >= 0.6 is 0 Å². The molecule has 0 aliphatic heterocycles. The summed E-state index contributed by atoms with van der Waals surface area (Å²) >= 11 is 0. The number of anilines is 1. The van der Waals surface area contributed by atoms with Crippen molar-refractivity contribution < 1.29 is 9.53 Å². The highest BCUT2D eigenvalue weighted by Gasteiger charge is 2.02. The zero-order valence-electron chi connectivity index (χ0n) is 10.9. The van der Waals surface area contributed by atoms with Gasteiger partial charge in [-0.05, 0) is 18.6 Å². The van der Waals surface area contributed by atoms with Crippen molar-refractivity contribution in [2.75, 3.05) is 18.9 Å². The van der Waals surface area contributed by atoms with Gasteiger partial charge in [0.25, 0.3) is 0 Å². The summed E-state index contributed by atoms with van der Waals surface area (Å²) in [5.74, 6) is 0.664. The zero-order chi connectivity index (χ0) is 13.2. The summed E-state index contributed by atoms with van der Waals surface area (Å²) in [7, 11) is 0. The topological polar surface area (TPSA) is 64.3 Å². The Kier molecular flexibility index (Phi) is 6.69. The first-order valence-electron chi connectivity index (χ1n) is 6.48. The molecule has 4 heteroatoms. The summed E-state index contributed by atoms with van der Waals surface area (Å²) in [4.78, 5) is 11.5. The Morgan fingerprint density at radius 1 is 1.33 bits per heavy atom. The van der Waals surface area contributed by atoms with Crippen molar-refractivity contribution in [1.82, 2.24) is 5.32 Å². The quantitative estimate of drug-likeness (QED) is 0.550. The summed E-state index contributed by atoms with van der Waals surface area (Å²) in [5, 5.41) is 2.87. The molecule has 0 heterocycles. The lowest BCUT2D eigenvalue weighted by Gasteiger charge is -2.08. The minimum absolute atomic E-state index is 0.0283. The molecule has 1 aromatic rings. The maximum atomic E-state index is 11.5. The molecule has 4 nitrogen and oxygen atoms in total. The first-order valence-corrected chi connectivity index (χ1v) is 6.48. The van der Waals surface area contributed by atoms with E-state index < -0.39 is 0 Å². The highest BCUT2D eigenvalue weighted by atomic mass is 16.5. The van der Waals surface area contributed by atoms with Crippen LogP contribution in [0.1, 0.15) is 32.6 Å². The summed E-state index contributed by atoms with van der Waals surface area (Å²) in [5.41, 5.74) is 6.32. The number of amides is 1. The lowest BCUT2D eigenvalue weighted by Crippen LogP contribution is -2.25. The second-order valence-electron chi connectivity index (χ2n) is 4.19. The van der Waals surface area contributed by atoms with E-state index in [2.05, 4.69) is 12.2 Å². The molecule has 0 aliphatic carbocycles. The number of unbranched alkanes of at least 4 members (excludes halogenated alkanes) is 2. The molecular formula is C14H22N2O2. The van der Waals surface area contributed by atoms with E-state index in [1.54, 1.807) is 12.1 Å². The first-order chi connectivity index (χ1) is 8.74. The summed E-state index contributed by atoms with van der Waals surface area (Å²) in [6, 6.07) is 7.29. The van der Waals surface area contributed by atoms with Crippen molar-refractivity contribution in [3.63, 3.8) is 0 Å². The van der Waals surface area contributed by atoms with Gasteiger partial charge in [0.05, 0.1) is 18.7 Å². The standard InChI is InChI=1S/C14H22N2O2/c1-2-3-6-10-16-14(17)9-11-18-13-8-5-4-7-12(13)15/h4-5,7-8H,2-3,6,9-11,15H2,1H3,(H,16,17). The van der Waals surface area contributed by atoms with Crippen LogP contribution in [0.2, 0.25) is 0 Å². The first kappa shape index (κ1) is 14.4. The molecule has 0 spiro atoms. The average molecular weight is 250 g/mol. The summed E-state index contributed by atoms with van der Waals surface area (Å²) in [6.45, 7) is 3.24. The van der Waals surface area contributed by atoms with E-state index in [9.17, 15) is 4.79 Å². The number of nitrogens with one attached hydrogen (secondary N) is 1. The van der Waals surface area contributed by atoms with E-state index in [0.29, 0.717) is 24.5 Å². The molecule has 0 atom stereocenters. The Morgan fingerprint density at radius 3 is 2.83 bits per heavy atom. The molecule has 0 bridgehead atoms. The van der Waals surface area contributed by atoms with E-state index in [1.165, 1.54) is 0 Å². The molecule has 0 fully saturated rings. The van der Waals surface area contributed by atoms with Crippen LogP contribution in [0.4, 0.5) is 5.69 Å². The van der Waals surface area contributed by atoms with E-state index in [4.69, 9.17) is 10.5 Å². The number of ether oxygens (including phenoxy) is 1. The van der Waals surface area contributed by atoms with Gasteiger partial charge in [0, 0.05) is 6.54 Å². The van der Waals surface area contributed by atoms with Crippen LogP contribution in [-0.2, 0) is 4.79 Å². The SMILES string of the molecule is CCCCCNC(=O)CCOc1ccccc1N. The van der Waals surface area contributed by atoms with Gasteiger partial charge < -0.3 is 15.8 Å². The molecule has 3 N–H and O–H groups in total. The third kappa shape index (κ3) is 5.57. The fourth-order valence-corrected chi connectivity index (χ4v) is 1.56.